The smallest absolute Gasteiger partial charge is 0.280 e. The average Bonchev–Trinajstić information content (AvgIpc) is 2.87. The molecule has 2 aliphatic rings. The van der Waals surface area contributed by atoms with E-state index >= 15 is 0 Å². The molecule has 1 aromatic rings. The lowest BCUT2D eigenvalue weighted by Crippen LogP contribution is -2.43. The summed E-state index contributed by atoms with van der Waals surface area (Å²) in [6.45, 7) is 1.04. The predicted molar refractivity (Wildman–Crippen MR) is 69.7 cm³/mol. The number of hydrogen-bond acceptors (Lipinski definition) is 3. The van der Waals surface area contributed by atoms with E-state index in [0.717, 1.165) is 31.1 Å². The first-order valence-corrected chi connectivity index (χ1v) is 7.25. The number of piperidine rings is 1. The molecule has 2 N–H and O–H groups in total. The molecular weight excluding hydrogens is 228 g/mol. The molecule has 18 heavy (non-hydrogen) atoms. The lowest BCUT2D eigenvalue weighted by Gasteiger charge is -2.36. The highest BCUT2D eigenvalue weighted by molar-refractivity contribution is 5.05. The molecule has 4 nitrogen and oxygen atoms in total. The molecule has 0 aromatic carbocycles. The van der Waals surface area contributed by atoms with E-state index in [1.165, 1.54) is 32.1 Å². The standard InChI is InChI=1S/C14H22N2O2/c17-14-9-13(18-16-14)11-6-7-15-12(8-11)10-4-2-1-3-5-10/h9-12,15H,1-8H2,(H,16,17)/t11-,12-/m1/s1. The third-order valence-electron chi connectivity index (χ3n) is 4.60. The van der Waals surface area contributed by atoms with Gasteiger partial charge in [-0.25, -0.2) is 0 Å². The predicted octanol–water partition coefficient (Wildman–Crippen LogP) is 2.38. The third kappa shape index (κ3) is 2.53. The fraction of sp³-hybridized carbons (Fsp3) is 0.786. The van der Waals surface area contributed by atoms with Crippen molar-refractivity contribution in [1.82, 2.24) is 10.5 Å². The van der Waals surface area contributed by atoms with Crippen LogP contribution in [0.2, 0.25) is 0 Å². The highest BCUT2D eigenvalue weighted by Crippen LogP contribution is 2.34. The monoisotopic (exact) mass is 250 g/mol. The van der Waals surface area contributed by atoms with E-state index < -0.39 is 0 Å². The highest BCUT2D eigenvalue weighted by Gasteiger charge is 2.31. The Bertz CT molecular complexity index is 431. The van der Waals surface area contributed by atoms with Crippen LogP contribution >= 0.6 is 0 Å². The van der Waals surface area contributed by atoms with Gasteiger partial charge in [-0.1, -0.05) is 19.3 Å². The Morgan fingerprint density at radius 3 is 2.72 bits per heavy atom. The van der Waals surface area contributed by atoms with Crippen molar-refractivity contribution in [2.45, 2.75) is 56.9 Å². The summed E-state index contributed by atoms with van der Waals surface area (Å²) in [4.78, 5) is 11.2. The SMILES string of the molecule is O=c1cc([C@@H]2CCN[C@@H](C3CCCCC3)C2)o[nH]1. The number of H-pyrrole nitrogens is 1. The number of aromatic amines is 1. The Morgan fingerprint density at radius 1 is 1.17 bits per heavy atom. The van der Waals surface area contributed by atoms with Gasteiger partial charge in [0.25, 0.3) is 5.56 Å². The molecule has 1 aliphatic heterocycles. The summed E-state index contributed by atoms with van der Waals surface area (Å²) in [5, 5.41) is 6.07. The van der Waals surface area contributed by atoms with Crippen LogP contribution in [0.5, 0.6) is 0 Å². The average molecular weight is 250 g/mol. The summed E-state index contributed by atoms with van der Waals surface area (Å²) < 4.78 is 5.27. The summed E-state index contributed by atoms with van der Waals surface area (Å²) in [7, 11) is 0. The lowest BCUT2D eigenvalue weighted by molar-refractivity contribution is 0.207. The van der Waals surface area contributed by atoms with Crippen LogP contribution in [-0.2, 0) is 0 Å². The molecule has 100 valence electrons. The highest BCUT2D eigenvalue weighted by atomic mass is 16.5. The van der Waals surface area contributed by atoms with Crippen molar-refractivity contribution in [3.63, 3.8) is 0 Å². The summed E-state index contributed by atoms with van der Waals surface area (Å²) in [6, 6.07) is 2.23. The fourth-order valence-corrected chi connectivity index (χ4v) is 3.60. The summed E-state index contributed by atoms with van der Waals surface area (Å²) in [5.41, 5.74) is -0.113. The molecule has 1 aliphatic carbocycles. The molecule has 1 saturated heterocycles. The number of rotatable bonds is 2. The van der Waals surface area contributed by atoms with Crippen molar-refractivity contribution in [2.75, 3.05) is 6.54 Å². The number of aromatic nitrogens is 1. The summed E-state index contributed by atoms with van der Waals surface area (Å²) in [6.07, 6.45) is 9.08. The van der Waals surface area contributed by atoms with E-state index in [-0.39, 0.29) is 5.56 Å². The zero-order chi connectivity index (χ0) is 12.4. The first-order chi connectivity index (χ1) is 8.83. The van der Waals surface area contributed by atoms with E-state index in [4.69, 9.17) is 4.52 Å². The zero-order valence-electron chi connectivity index (χ0n) is 10.8. The molecule has 2 heterocycles. The van der Waals surface area contributed by atoms with E-state index in [1.54, 1.807) is 6.07 Å². The second-order valence-corrected chi connectivity index (χ2v) is 5.80. The van der Waals surface area contributed by atoms with E-state index in [1.807, 2.05) is 0 Å². The number of nitrogens with one attached hydrogen (secondary N) is 2. The molecule has 1 saturated carbocycles. The van der Waals surface area contributed by atoms with E-state index in [0.29, 0.717) is 12.0 Å². The molecule has 0 unspecified atom stereocenters. The Morgan fingerprint density at radius 2 is 2.00 bits per heavy atom. The molecule has 1 aromatic heterocycles. The first kappa shape index (κ1) is 12.0. The molecule has 0 radical (unpaired) electrons. The molecule has 3 rings (SSSR count). The second-order valence-electron chi connectivity index (χ2n) is 5.80. The summed E-state index contributed by atoms with van der Waals surface area (Å²) in [5.74, 6) is 2.09. The van der Waals surface area contributed by atoms with Gasteiger partial charge < -0.3 is 9.84 Å². The van der Waals surface area contributed by atoms with Crippen LogP contribution in [0.15, 0.2) is 15.4 Å². The number of hydrogen-bond donors (Lipinski definition) is 2. The minimum absolute atomic E-state index is 0.113. The van der Waals surface area contributed by atoms with E-state index in [9.17, 15) is 4.79 Å². The van der Waals surface area contributed by atoms with E-state index in [2.05, 4.69) is 10.5 Å². The molecule has 0 amide bonds. The molecule has 2 atom stereocenters. The van der Waals surface area contributed by atoms with Crippen LogP contribution in [0.4, 0.5) is 0 Å². The van der Waals surface area contributed by atoms with Gasteiger partial charge in [0.15, 0.2) is 0 Å². The van der Waals surface area contributed by atoms with Crippen molar-refractivity contribution >= 4 is 0 Å². The van der Waals surface area contributed by atoms with Gasteiger partial charge >= 0.3 is 0 Å². The van der Waals surface area contributed by atoms with Crippen LogP contribution in [0.1, 0.15) is 56.6 Å². The fourth-order valence-electron chi connectivity index (χ4n) is 3.60. The second kappa shape index (κ2) is 5.31. The summed E-state index contributed by atoms with van der Waals surface area (Å²) >= 11 is 0. The maximum absolute atomic E-state index is 11.2. The van der Waals surface area contributed by atoms with Crippen molar-refractivity contribution < 1.29 is 4.52 Å². The van der Waals surface area contributed by atoms with Gasteiger partial charge in [0, 0.05) is 18.0 Å². The van der Waals surface area contributed by atoms with Gasteiger partial charge in [0.2, 0.25) is 0 Å². The molecule has 0 spiro atoms. The Balaban J connectivity index is 1.66. The zero-order valence-corrected chi connectivity index (χ0v) is 10.8. The van der Waals surface area contributed by atoms with Gasteiger partial charge in [0.05, 0.1) is 0 Å². The minimum Gasteiger partial charge on any atom is -0.383 e. The van der Waals surface area contributed by atoms with Crippen molar-refractivity contribution in [1.29, 1.82) is 0 Å². The van der Waals surface area contributed by atoms with Crippen LogP contribution in [0, 0.1) is 5.92 Å². The van der Waals surface area contributed by atoms with Gasteiger partial charge in [-0.05, 0) is 38.1 Å². The van der Waals surface area contributed by atoms with Crippen LogP contribution in [-0.4, -0.2) is 17.7 Å². The quantitative estimate of drug-likeness (QED) is 0.847. The first-order valence-electron chi connectivity index (χ1n) is 7.25. The van der Waals surface area contributed by atoms with Gasteiger partial charge in [-0.2, -0.15) is 5.16 Å². The minimum atomic E-state index is -0.113. The Labute approximate surface area is 107 Å². The normalized spacial score (nSPS) is 30.4. The van der Waals surface area contributed by atoms with Crippen molar-refractivity contribution in [2.24, 2.45) is 5.92 Å². The van der Waals surface area contributed by atoms with Crippen molar-refractivity contribution in [3.8, 4) is 0 Å². The molecular formula is C14H22N2O2. The molecule has 4 heteroatoms. The van der Waals surface area contributed by atoms with Crippen LogP contribution < -0.4 is 10.9 Å². The Hall–Kier alpha value is -1.03. The molecule has 2 fully saturated rings. The van der Waals surface area contributed by atoms with Gasteiger partial charge in [0.1, 0.15) is 5.76 Å². The van der Waals surface area contributed by atoms with Gasteiger partial charge in [-0.3, -0.25) is 4.79 Å². The van der Waals surface area contributed by atoms with Crippen LogP contribution in [0.25, 0.3) is 0 Å². The van der Waals surface area contributed by atoms with Crippen LogP contribution in [0.3, 0.4) is 0 Å². The third-order valence-corrected chi connectivity index (χ3v) is 4.60. The van der Waals surface area contributed by atoms with Crippen molar-refractivity contribution in [3.05, 3.63) is 22.2 Å². The largest absolute Gasteiger partial charge is 0.383 e. The topological polar surface area (TPSA) is 58.0 Å². The Kier molecular flexibility index (Phi) is 3.55. The maximum atomic E-state index is 11.2. The maximum Gasteiger partial charge on any atom is 0.280 e. The lowest BCUT2D eigenvalue weighted by atomic mass is 9.77. The molecule has 0 bridgehead atoms. The van der Waals surface area contributed by atoms with Gasteiger partial charge in [-0.15, -0.1) is 0 Å².